The first kappa shape index (κ1) is 12.4. The van der Waals surface area contributed by atoms with Crippen molar-refractivity contribution in [2.75, 3.05) is 6.61 Å². The predicted molar refractivity (Wildman–Crippen MR) is 52.9 cm³/mol. The molecule has 0 aliphatic carbocycles. The molecule has 0 saturated carbocycles. The van der Waals surface area contributed by atoms with Gasteiger partial charge in [0.05, 0.1) is 6.61 Å². The summed E-state index contributed by atoms with van der Waals surface area (Å²) in [5.41, 5.74) is 5.66. The number of carbonyl (C=O) groups excluding carboxylic acids is 1. The lowest BCUT2D eigenvalue weighted by atomic mass is 9.93. The molecule has 2 N–H and O–H groups in total. The van der Waals surface area contributed by atoms with Gasteiger partial charge in [0, 0.05) is 0 Å². The number of hydrogen-bond acceptors (Lipinski definition) is 3. The minimum atomic E-state index is -0.581. The molecular formula is C10H20NO2. The molecule has 0 aliphatic heterocycles. The Hall–Kier alpha value is -0.570. The molecule has 0 aromatic rings. The summed E-state index contributed by atoms with van der Waals surface area (Å²) < 4.78 is 4.80. The molecule has 0 bridgehead atoms. The number of nitrogens with two attached hydrogens (primary N) is 1. The van der Waals surface area contributed by atoms with Crippen molar-refractivity contribution in [1.82, 2.24) is 0 Å². The van der Waals surface area contributed by atoms with Gasteiger partial charge < -0.3 is 10.5 Å². The fourth-order valence-electron chi connectivity index (χ4n) is 1.18. The lowest BCUT2D eigenvalue weighted by Gasteiger charge is -2.19. The normalized spacial score (nSPS) is 15.5. The van der Waals surface area contributed by atoms with Crippen LogP contribution in [0.1, 0.15) is 27.2 Å². The van der Waals surface area contributed by atoms with E-state index in [0.717, 1.165) is 6.42 Å². The van der Waals surface area contributed by atoms with Crippen LogP contribution in [0.15, 0.2) is 0 Å². The van der Waals surface area contributed by atoms with Crippen LogP contribution in [0.3, 0.4) is 0 Å². The SMILES string of the molecule is [CH2]C(CC(C)C)C(N)C(=O)OCC. The summed E-state index contributed by atoms with van der Waals surface area (Å²) in [4.78, 5) is 11.2. The molecule has 3 nitrogen and oxygen atoms in total. The fourth-order valence-corrected chi connectivity index (χ4v) is 1.18. The van der Waals surface area contributed by atoms with E-state index >= 15 is 0 Å². The fraction of sp³-hybridized carbons (Fsp3) is 0.800. The van der Waals surface area contributed by atoms with Crippen molar-refractivity contribution < 1.29 is 9.53 Å². The zero-order valence-corrected chi connectivity index (χ0v) is 8.75. The summed E-state index contributed by atoms with van der Waals surface area (Å²) in [6.45, 7) is 10.2. The Morgan fingerprint density at radius 2 is 2.08 bits per heavy atom. The number of ether oxygens (including phenoxy) is 1. The first-order chi connectivity index (χ1) is 5.99. The van der Waals surface area contributed by atoms with Crippen molar-refractivity contribution in [1.29, 1.82) is 0 Å². The van der Waals surface area contributed by atoms with E-state index in [-0.39, 0.29) is 11.9 Å². The monoisotopic (exact) mass is 186 g/mol. The zero-order valence-electron chi connectivity index (χ0n) is 8.75. The molecule has 2 unspecified atom stereocenters. The number of rotatable bonds is 5. The Morgan fingerprint density at radius 1 is 1.54 bits per heavy atom. The number of carbonyl (C=O) groups is 1. The highest BCUT2D eigenvalue weighted by Crippen LogP contribution is 2.13. The third-order valence-corrected chi connectivity index (χ3v) is 1.84. The summed E-state index contributed by atoms with van der Waals surface area (Å²) in [6, 6.07) is -0.581. The van der Waals surface area contributed by atoms with Crippen molar-refractivity contribution >= 4 is 5.97 Å². The minimum absolute atomic E-state index is 0.0564. The lowest BCUT2D eigenvalue weighted by Crippen LogP contribution is -2.38. The zero-order chi connectivity index (χ0) is 10.4. The number of hydrogen-bond donors (Lipinski definition) is 1. The van der Waals surface area contributed by atoms with Gasteiger partial charge in [-0.15, -0.1) is 0 Å². The van der Waals surface area contributed by atoms with Crippen LogP contribution in [-0.2, 0) is 9.53 Å². The van der Waals surface area contributed by atoms with Crippen molar-refractivity contribution in [2.24, 2.45) is 17.6 Å². The largest absolute Gasteiger partial charge is 0.465 e. The Kier molecular flexibility index (Phi) is 5.71. The molecule has 77 valence electrons. The molecule has 3 heteroatoms. The van der Waals surface area contributed by atoms with Crippen LogP contribution in [0.4, 0.5) is 0 Å². The van der Waals surface area contributed by atoms with Gasteiger partial charge in [-0.05, 0) is 32.1 Å². The molecule has 0 rings (SSSR count). The molecule has 0 aliphatic rings. The van der Waals surface area contributed by atoms with E-state index in [9.17, 15) is 4.79 Å². The van der Waals surface area contributed by atoms with Gasteiger partial charge in [-0.2, -0.15) is 0 Å². The quantitative estimate of drug-likeness (QED) is 0.660. The van der Waals surface area contributed by atoms with Crippen LogP contribution < -0.4 is 5.73 Å². The van der Waals surface area contributed by atoms with E-state index in [1.807, 2.05) is 0 Å². The maximum absolute atomic E-state index is 11.2. The standard InChI is InChI=1S/C10H20NO2/c1-5-13-10(12)9(11)8(4)6-7(2)3/h7-9H,4-6,11H2,1-3H3. The topological polar surface area (TPSA) is 52.3 Å². The minimum Gasteiger partial charge on any atom is -0.465 e. The summed E-state index contributed by atoms with van der Waals surface area (Å²) in [5, 5.41) is 0. The molecule has 0 saturated heterocycles. The maximum atomic E-state index is 11.2. The highest BCUT2D eigenvalue weighted by molar-refractivity contribution is 5.75. The van der Waals surface area contributed by atoms with Crippen LogP contribution in [0.5, 0.6) is 0 Å². The second-order valence-electron chi connectivity index (χ2n) is 3.67. The van der Waals surface area contributed by atoms with Crippen molar-refractivity contribution in [3.63, 3.8) is 0 Å². The van der Waals surface area contributed by atoms with E-state index < -0.39 is 6.04 Å². The molecular weight excluding hydrogens is 166 g/mol. The molecule has 0 aromatic heterocycles. The second-order valence-corrected chi connectivity index (χ2v) is 3.67. The summed E-state index contributed by atoms with van der Waals surface area (Å²) >= 11 is 0. The smallest absolute Gasteiger partial charge is 0.323 e. The summed E-state index contributed by atoms with van der Waals surface area (Å²) in [7, 11) is 0. The first-order valence-electron chi connectivity index (χ1n) is 4.74. The third kappa shape index (κ3) is 4.88. The third-order valence-electron chi connectivity index (χ3n) is 1.84. The predicted octanol–water partition coefficient (Wildman–Crippen LogP) is 1.37. The van der Waals surface area contributed by atoms with E-state index in [0.29, 0.717) is 12.5 Å². The second kappa shape index (κ2) is 5.97. The molecule has 2 atom stereocenters. The van der Waals surface area contributed by atoms with Crippen molar-refractivity contribution in [2.45, 2.75) is 33.2 Å². The first-order valence-corrected chi connectivity index (χ1v) is 4.74. The molecule has 0 heterocycles. The van der Waals surface area contributed by atoms with Gasteiger partial charge in [0.25, 0.3) is 0 Å². The average Bonchev–Trinajstić information content (AvgIpc) is 2.02. The van der Waals surface area contributed by atoms with E-state index in [2.05, 4.69) is 20.8 Å². The van der Waals surface area contributed by atoms with Gasteiger partial charge in [0.2, 0.25) is 0 Å². The van der Waals surface area contributed by atoms with Gasteiger partial charge in [0.15, 0.2) is 0 Å². The van der Waals surface area contributed by atoms with Gasteiger partial charge in [-0.1, -0.05) is 13.8 Å². The summed E-state index contributed by atoms with van der Waals surface area (Å²) in [6.07, 6.45) is 0.847. The van der Waals surface area contributed by atoms with Gasteiger partial charge in [-0.25, -0.2) is 0 Å². The number of esters is 1. The molecule has 13 heavy (non-hydrogen) atoms. The van der Waals surface area contributed by atoms with Crippen molar-refractivity contribution in [3.8, 4) is 0 Å². The Labute approximate surface area is 80.6 Å². The van der Waals surface area contributed by atoms with Crippen LogP contribution in [0.25, 0.3) is 0 Å². The van der Waals surface area contributed by atoms with Gasteiger partial charge in [-0.3, -0.25) is 4.79 Å². The van der Waals surface area contributed by atoms with Crippen molar-refractivity contribution in [3.05, 3.63) is 6.92 Å². The Bertz CT molecular complexity index is 157. The Balaban J connectivity index is 3.93. The van der Waals surface area contributed by atoms with Crippen LogP contribution in [-0.4, -0.2) is 18.6 Å². The molecule has 0 amide bonds. The molecule has 1 radical (unpaired) electrons. The van der Waals surface area contributed by atoms with Gasteiger partial charge >= 0.3 is 5.97 Å². The maximum Gasteiger partial charge on any atom is 0.323 e. The van der Waals surface area contributed by atoms with E-state index in [1.54, 1.807) is 6.92 Å². The van der Waals surface area contributed by atoms with E-state index in [4.69, 9.17) is 10.5 Å². The molecule has 0 spiro atoms. The van der Waals surface area contributed by atoms with Crippen LogP contribution in [0, 0.1) is 18.8 Å². The highest BCUT2D eigenvalue weighted by Gasteiger charge is 2.22. The lowest BCUT2D eigenvalue weighted by molar-refractivity contribution is -0.145. The van der Waals surface area contributed by atoms with Crippen LogP contribution >= 0.6 is 0 Å². The molecule has 0 fully saturated rings. The average molecular weight is 186 g/mol. The summed E-state index contributed by atoms with van der Waals surface area (Å²) in [5.74, 6) is 0.102. The highest BCUT2D eigenvalue weighted by atomic mass is 16.5. The Morgan fingerprint density at radius 3 is 2.46 bits per heavy atom. The van der Waals surface area contributed by atoms with E-state index in [1.165, 1.54) is 0 Å². The van der Waals surface area contributed by atoms with Gasteiger partial charge in [0.1, 0.15) is 6.04 Å². The molecule has 0 aromatic carbocycles. The van der Waals surface area contributed by atoms with Crippen LogP contribution in [0.2, 0.25) is 0 Å².